The van der Waals surface area contributed by atoms with Gasteiger partial charge in [0.15, 0.2) is 0 Å². The normalized spacial score (nSPS) is 21.9. The first kappa shape index (κ1) is 16.4. The van der Waals surface area contributed by atoms with Crippen molar-refractivity contribution in [3.63, 3.8) is 0 Å². The Balaban J connectivity index is 2.00. The van der Waals surface area contributed by atoms with Gasteiger partial charge in [0, 0.05) is 38.8 Å². The van der Waals surface area contributed by atoms with Crippen molar-refractivity contribution < 1.29 is 0 Å². The smallest absolute Gasteiger partial charge is 0.0684 e. The predicted molar refractivity (Wildman–Crippen MR) is 90.8 cm³/mol. The van der Waals surface area contributed by atoms with Crippen molar-refractivity contribution in [2.24, 2.45) is 0 Å². The quantitative estimate of drug-likeness (QED) is 0.799. The molecule has 0 saturated carbocycles. The fraction of sp³-hybridized carbons (Fsp3) is 0.667. The van der Waals surface area contributed by atoms with Crippen LogP contribution in [0.4, 0.5) is 0 Å². The van der Waals surface area contributed by atoms with Crippen molar-refractivity contribution >= 4 is 31.9 Å². The minimum atomic E-state index is 0.170. The molecule has 0 spiro atoms. The third-order valence-corrected chi connectivity index (χ3v) is 4.75. The summed E-state index contributed by atoms with van der Waals surface area (Å²) in [6, 6.07) is 2.55. The van der Waals surface area contributed by atoms with Crippen molar-refractivity contribution in [1.29, 1.82) is 0 Å². The SMILES string of the molecule is CC1(C)CC(NCc2ncc(Br)cc2Br)CC(C)(C)N1. The molecule has 2 rings (SSSR count). The number of nitrogens with zero attached hydrogens (tertiary/aromatic N) is 1. The maximum Gasteiger partial charge on any atom is 0.0684 e. The van der Waals surface area contributed by atoms with E-state index in [1.54, 1.807) is 0 Å². The molecule has 0 aliphatic carbocycles. The van der Waals surface area contributed by atoms with E-state index in [2.05, 4.69) is 75.2 Å². The summed E-state index contributed by atoms with van der Waals surface area (Å²) in [4.78, 5) is 4.46. The lowest BCUT2D eigenvalue weighted by atomic mass is 9.79. The van der Waals surface area contributed by atoms with Gasteiger partial charge in [0.05, 0.1) is 5.69 Å². The highest BCUT2D eigenvalue weighted by Crippen LogP contribution is 2.29. The standard InChI is InChI=1S/C15H23Br2N3/c1-14(2)6-11(7-15(3,4)20-14)18-9-13-12(17)5-10(16)8-19-13/h5,8,11,18,20H,6-7,9H2,1-4H3. The molecule has 0 amide bonds. The van der Waals surface area contributed by atoms with E-state index in [-0.39, 0.29) is 11.1 Å². The Labute approximate surface area is 138 Å². The van der Waals surface area contributed by atoms with Crippen LogP contribution in [0.2, 0.25) is 0 Å². The number of nitrogens with one attached hydrogen (secondary N) is 2. The van der Waals surface area contributed by atoms with E-state index < -0.39 is 0 Å². The summed E-state index contributed by atoms with van der Waals surface area (Å²) in [7, 11) is 0. The second kappa shape index (κ2) is 6.03. The average Bonchev–Trinajstić information content (AvgIpc) is 2.23. The fourth-order valence-corrected chi connectivity index (χ4v) is 4.41. The Hall–Kier alpha value is 0.0300. The van der Waals surface area contributed by atoms with Crippen LogP contribution < -0.4 is 10.6 Å². The maximum absolute atomic E-state index is 4.46. The Morgan fingerprint density at radius 1 is 1.25 bits per heavy atom. The Morgan fingerprint density at radius 3 is 2.40 bits per heavy atom. The summed E-state index contributed by atoms with van der Waals surface area (Å²) in [5.41, 5.74) is 1.40. The molecule has 1 aliphatic heterocycles. The second-order valence-corrected chi connectivity index (χ2v) is 8.73. The zero-order chi connectivity index (χ0) is 15.0. The van der Waals surface area contributed by atoms with Gasteiger partial charge >= 0.3 is 0 Å². The molecule has 1 aromatic heterocycles. The van der Waals surface area contributed by atoms with E-state index in [9.17, 15) is 0 Å². The van der Waals surface area contributed by atoms with Gasteiger partial charge < -0.3 is 10.6 Å². The minimum Gasteiger partial charge on any atom is -0.308 e. The van der Waals surface area contributed by atoms with Crippen LogP contribution in [-0.2, 0) is 6.54 Å². The van der Waals surface area contributed by atoms with Crippen molar-refractivity contribution in [2.45, 2.75) is 64.2 Å². The first-order chi connectivity index (χ1) is 9.17. The van der Waals surface area contributed by atoms with Gasteiger partial charge in [-0.1, -0.05) is 0 Å². The summed E-state index contributed by atoms with van der Waals surface area (Å²) >= 11 is 7.00. The third kappa shape index (κ3) is 4.52. The summed E-state index contributed by atoms with van der Waals surface area (Å²) in [5.74, 6) is 0. The third-order valence-electron chi connectivity index (χ3n) is 3.63. The molecule has 1 aliphatic rings. The summed E-state index contributed by atoms with van der Waals surface area (Å²) in [6.07, 6.45) is 4.10. The number of aromatic nitrogens is 1. The number of halogens is 2. The number of piperidine rings is 1. The zero-order valence-corrected chi connectivity index (χ0v) is 15.7. The van der Waals surface area contributed by atoms with E-state index in [0.29, 0.717) is 6.04 Å². The van der Waals surface area contributed by atoms with Gasteiger partial charge in [-0.2, -0.15) is 0 Å². The molecule has 0 unspecified atom stereocenters. The zero-order valence-electron chi connectivity index (χ0n) is 12.6. The molecule has 1 saturated heterocycles. The van der Waals surface area contributed by atoms with Gasteiger partial charge in [0.25, 0.3) is 0 Å². The van der Waals surface area contributed by atoms with Crippen LogP contribution in [0.3, 0.4) is 0 Å². The lowest BCUT2D eigenvalue weighted by Gasteiger charge is -2.46. The Kier molecular flexibility index (Phi) is 4.95. The number of hydrogen-bond donors (Lipinski definition) is 2. The number of pyridine rings is 1. The summed E-state index contributed by atoms with van der Waals surface area (Å²) < 4.78 is 2.05. The molecule has 112 valence electrons. The van der Waals surface area contributed by atoms with E-state index in [1.165, 1.54) is 0 Å². The van der Waals surface area contributed by atoms with E-state index >= 15 is 0 Å². The molecular weight excluding hydrogens is 382 g/mol. The van der Waals surface area contributed by atoms with Gasteiger partial charge in [-0.05, 0) is 78.5 Å². The predicted octanol–water partition coefficient (Wildman–Crippen LogP) is 4.01. The topological polar surface area (TPSA) is 37.0 Å². The molecule has 5 heteroatoms. The van der Waals surface area contributed by atoms with Crippen LogP contribution >= 0.6 is 31.9 Å². The molecule has 1 fully saturated rings. The molecule has 1 aromatic rings. The van der Waals surface area contributed by atoms with E-state index in [0.717, 1.165) is 34.0 Å². The van der Waals surface area contributed by atoms with Crippen LogP contribution in [0.1, 0.15) is 46.2 Å². The van der Waals surface area contributed by atoms with Crippen LogP contribution in [-0.4, -0.2) is 22.1 Å². The second-order valence-electron chi connectivity index (χ2n) is 6.96. The van der Waals surface area contributed by atoms with Crippen LogP contribution in [0.15, 0.2) is 21.2 Å². The molecule has 3 nitrogen and oxygen atoms in total. The molecule has 2 heterocycles. The van der Waals surface area contributed by atoms with Crippen molar-refractivity contribution in [3.8, 4) is 0 Å². The largest absolute Gasteiger partial charge is 0.308 e. The molecule has 0 radical (unpaired) electrons. The summed E-state index contributed by atoms with van der Waals surface area (Å²) in [5, 5.41) is 7.37. The van der Waals surface area contributed by atoms with E-state index in [4.69, 9.17) is 0 Å². The molecule has 20 heavy (non-hydrogen) atoms. The Bertz CT molecular complexity index is 470. The van der Waals surface area contributed by atoms with Crippen LogP contribution in [0.25, 0.3) is 0 Å². The summed E-state index contributed by atoms with van der Waals surface area (Å²) in [6.45, 7) is 9.89. The van der Waals surface area contributed by atoms with Gasteiger partial charge in [0.1, 0.15) is 0 Å². The first-order valence-corrected chi connectivity index (χ1v) is 8.58. The maximum atomic E-state index is 4.46. The van der Waals surface area contributed by atoms with Crippen molar-refractivity contribution in [3.05, 3.63) is 26.9 Å². The van der Waals surface area contributed by atoms with Crippen LogP contribution in [0, 0.1) is 0 Å². The van der Waals surface area contributed by atoms with Gasteiger partial charge in [-0.3, -0.25) is 4.98 Å². The highest BCUT2D eigenvalue weighted by molar-refractivity contribution is 9.11. The van der Waals surface area contributed by atoms with Crippen molar-refractivity contribution in [2.75, 3.05) is 0 Å². The van der Waals surface area contributed by atoms with Crippen molar-refractivity contribution in [1.82, 2.24) is 15.6 Å². The average molecular weight is 405 g/mol. The van der Waals surface area contributed by atoms with Gasteiger partial charge in [-0.25, -0.2) is 0 Å². The number of hydrogen-bond acceptors (Lipinski definition) is 3. The lowest BCUT2D eigenvalue weighted by molar-refractivity contribution is 0.145. The molecule has 0 bridgehead atoms. The first-order valence-electron chi connectivity index (χ1n) is 7.00. The molecule has 0 atom stereocenters. The highest BCUT2D eigenvalue weighted by atomic mass is 79.9. The molecule has 0 aromatic carbocycles. The monoisotopic (exact) mass is 403 g/mol. The van der Waals surface area contributed by atoms with Gasteiger partial charge in [-0.15, -0.1) is 0 Å². The lowest BCUT2D eigenvalue weighted by Crippen LogP contribution is -2.61. The Morgan fingerprint density at radius 2 is 1.85 bits per heavy atom. The molecular formula is C15H23Br2N3. The molecule has 2 N–H and O–H groups in total. The number of rotatable bonds is 3. The fourth-order valence-electron chi connectivity index (χ4n) is 3.28. The highest BCUT2D eigenvalue weighted by Gasteiger charge is 2.37. The minimum absolute atomic E-state index is 0.170. The van der Waals surface area contributed by atoms with E-state index in [1.807, 2.05) is 12.3 Å². The van der Waals surface area contributed by atoms with Gasteiger partial charge in [0.2, 0.25) is 0 Å². The van der Waals surface area contributed by atoms with Crippen LogP contribution in [0.5, 0.6) is 0 Å².